The molecule has 1 unspecified atom stereocenters. The van der Waals surface area contributed by atoms with Crippen molar-refractivity contribution in [1.82, 2.24) is 0 Å². The van der Waals surface area contributed by atoms with Crippen LogP contribution in [0.2, 0.25) is 0 Å². The fraction of sp³-hybridized carbons (Fsp3) is 0.417. The van der Waals surface area contributed by atoms with Crippen molar-refractivity contribution in [3.63, 3.8) is 0 Å². The molecule has 5 nitrogen and oxygen atoms in total. The molecule has 1 aromatic rings. The summed E-state index contributed by atoms with van der Waals surface area (Å²) >= 11 is 0. The van der Waals surface area contributed by atoms with Gasteiger partial charge in [-0.15, -0.1) is 0 Å². The van der Waals surface area contributed by atoms with Gasteiger partial charge in [0.2, 0.25) is 0 Å². The molecule has 1 heterocycles. The van der Waals surface area contributed by atoms with E-state index in [0.717, 1.165) is 31.9 Å². The van der Waals surface area contributed by atoms with E-state index < -0.39 is 6.03 Å². The van der Waals surface area contributed by atoms with Crippen molar-refractivity contribution in [2.24, 2.45) is 11.7 Å². The topological polar surface area (TPSA) is 76.4 Å². The Morgan fingerprint density at radius 1 is 1.47 bits per heavy atom. The highest BCUT2D eigenvalue weighted by Crippen LogP contribution is 2.17. The maximum atomic E-state index is 10.7. The fourth-order valence-electron chi connectivity index (χ4n) is 1.86. The van der Waals surface area contributed by atoms with Crippen LogP contribution in [0.15, 0.2) is 24.3 Å². The van der Waals surface area contributed by atoms with Crippen molar-refractivity contribution >= 4 is 17.4 Å². The van der Waals surface area contributed by atoms with E-state index in [0.29, 0.717) is 11.6 Å². The number of urea groups is 1. The van der Waals surface area contributed by atoms with Crippen molar-refractivity contribution in [3.8, 4) is 0 Å². The average Bonchev–Trinajstić information content (AvgIpc) is 2.79. The van der Waals surface area contributed by atoms with Crippen LogP contribution in [0.3, 0.4) is 0 Å². The van der Waals surface area contributed by atoms with Gasteiger partial charge in [0.1, 0.15) is 0 Å². The molecule has 4 N–H and O–H groups in total. The Hall–Kier alpha value is -1.75. The number of benzene rings is 1. The molecule has 1 atom stereocenters. The SMILES string of the molecule is NC(=O)Nc1cccc(NCC2CCOC2)c1. The summed E-state index contributed by atoms with van der Waals surface area (Å²) in [7, 11) is 0. The second-order valence-electron chi connectivity index (χ2n) is 4.18. The first-order valence-electron chi connectivity index (χ1n) is 5.72. The first kappa shape index (κ1) is 11.7. The van der Waals surface area contributed by atoms with Gasteiger partial charge in [0.05, 0.1) is 6.61 Å². The molecule has 0 saturated carbocycles. The average molecular weight is 235 g/mol. The van der Waals surface area contributed by atoms with Crippen LogP contribution in [0, 0.1) is 5.92 Å². The van der Waals surface area contributed by atoms with Crippen molar-refractivity contribution in [3.05, 3.63) is 24.3 Å². The minimum absolute atomic E-state index is 0.550. The van der Waals surface area contributed by atoms with E-state index in [2.05, 4.69) is 10.6 Å². The number of nitrogens with two attached hydrogens (primary N) is 1. The maximum absolute atomic E-state index is 10.7. The fourth-order valence-corrected chi connectivity index (χ4v) is 1.86. The quantitative estimate of drug-likeness (QED) is 0.742. The summed E-state index contributed by atoms with van der Waals surface area (Å²) in [6.07, 6.45) is 1.10. The Bertz CT molecular complexity index is 389. The number of hydrogen-bond donors (Lipinski definition) is 3. The van der Waals surface area contributed by atoms with Gasteiger partial charge in [-0.25, -0.2) is 4.79 Å². The summed E-state index contributed by atoms with van der Waals surface area (Å²) < 4.78 is 5.31. The molecule has 1 fully saturated rings. The molecule has 0 radical (unpaired) electrons. The van der Waals surface area contributed by atoms with E-state index in [1.807, 2.05) is 18.2 Å². The van der Waals surface area contributed by atoms with E-state index in [4.69, 9.17) is 10.5 Å². The highest BCUT2D eigenvalue weighted by Gasteiger charge is 2.14. The normalized spacial score (nSPS) is 18.9. The van der Waals surface area contributed by atoms with Gasteiger partial charge in [-0.05, 0) is 24.6 Å². The molecular weight excluding hydrogens is 218 g/mol. The van der Waals surface area contributed by atoms with Crippen LogP contribution in [-0.2, 0) is 4.74 Å². The number of amides is 2. The van der Waals surface area contributed by atoms with Gasteiger partial charge in [-0.2, -0.15) is 0 Å². The zero-order valence-electron chi connectivity index (χ0n) is 9.61. The predicted octanol–water partition coefficient (Wildman–Crippen LogP) is 1.63. The molecule has 0 bridgehead atoms. The van der Waals surface area contributed by atoms with Crippen molar-refractivity contribution in [1.29, 1.82) is 0 Å². The van der Waals surface area contributed by atoms with Crippen LogP contribution in [0.4, 0.5) is 16.2 Å². The summed E-state index contributed by atoms with van der Waals surface area (Å²) in [4.78, 5) is 10.7. The molecule has 2 rings (SSSR count). The number of hydrogen-bond acceptors (Lipinski definition) is 3. The van der Waals surface area contributed by atoms with Crippen molar-refractivity contribution in [2.75, 3.05) is 30.4 Å². The second kappa shape index (κ2) is 5.54. The van der Waals surface area contributed by atoms with Crippen LogP contribution in [0.5, 0.6) is 0 Å². The lowest BCUT2D eigenvalue weighted by molar-refractivity contribution is 0.187. The lowest BCUT2D eigenvalue weighted by Crippen LogP contribution is -2.19. The third-order valence-corrected chi connectivity index (χ3v) is 2.75. The smallest absolute Gasteiger partial charge is 0.316 e. The Morgan fingerprint density at radius 2 is 2.29 bits per heavy atom. The second-order valence-corrected chi connectivity index (χ2v) is 4.18. The number of carbonyl (C=O) groups excluding carboxylic acids is 1. The monoisotopic (exact) mass is 235 g/mol. The molecule has 92 valence electrons. The summed E-state index contributed by atoms with van der Waals surface area (Å²) in [5.74, 6) is 0.572. The minimum atomic E-state index is -0.550. The summed E-state index contributed by atoms with van der Waals surface area (Å²) in [6, 6.07) is 6.95. The van der Waals surface area contributed by atoms with Crippen LogP contribution in [0.25, 0.3) is 0 Å². The van der Waals surface area contributed by atoms with Crippen LogP contribution < -0.4 is 16.4 Å². The van der Waals surface area contributed by atoms with E-state index in [1.165, 1.54) is 0 Å². The van der Waals surface area contributed by atoms with Gasteiger partial charge in [-0.1, -0.05) is 6.07 Å². The predicted molar refractivity (Wildman–Crippen MR) is 67.1 cm³/mol. The third kappa shape index (κ3) is 3.64. The van der Waals surface area contributed by atoms with E-state index in [9.17, 15) is 4.79 Å². The van der Waals surface area contributed by atoms with Gasteiger partial charge >= 0.3 is 6.03 Å². The molecule has 1 aliphatic heterocycles. The summed E-state index contributed by atoms with van der Waals surface area (Å²) in [5, 5.41) is 5.88. The number of carbonyl (C=O) groups is 1. The number of rotatable bonds is 4. The molecule has 5 heteroatoms. The largest absolute Gasteiger partial charge is 0.385 e. The third-order valence-electron chi connectivity index (χ3n) is 2.75. The van der Waals surface area contributed by atoms with Crippen LogP contribution in [-0.4, -0.2) is 25.8 Å². The number of ether oxygens (including phenoxy) is 1. The van der Waals surface area contributed by atoms with Gasteiger partial charge < -0.3 is 21.1 Å². The van der Waals surface area contributed by atoms with Gasteiger partial charge in [0.15, 0.2) is 0 Å². The van der Waals surface area contributed by atoms with Gasteiger partial charge in [0, 0.05) is 30.4 Å². The van der Waals surface area contributed by atoms with Gasteiger partial charge in [0.25, 0.3) is 0 Å². The molecule has 1 aromatic carbocycles. The summed E-state index contributed by atoms with van der Waals surface area (Å²) in [5.41, 5.74) is 6.74. The zero-order chi connectivity index (χ0) is 12.1. The molecule has 0 aromatic heterocycles. The Kier molecular flexibility index (Phi) is 3.82. The molecule has 1 saturated heterocycles. The van der Waals surface area contributed by atoms with E-state index >= 15 is 0 Å². The molecule has 17 heavy (non-hydrogen) atoms. The number of nitrogens with one attached hydrogen (secondary N) is 2. The lowest BCUT2D eigenvalue weighted by Gasteiger charge is -2.11. The van der Waals surface area contributed by atoms with E-state index in [1.54, 1.807) is 6.07 Å². The Labute approximate surface area is 100 Å². The molecule has 1 aliphatic rings. The van der Waals surface area contributed by atoms with Crippen molar-refractivity contribution < 1.29 is 9.53 Å². The van der Waals surface area contributed by atoms with Crippen molar-refractivity contribution in [2.45, 2.75) is 6.42 Å². The highest BCUT2D eigenvalue weighted by atomic mass is 16.5. The molecule has 0 spiro atoms. The Morgan fingerprint density at radius 3 is 3.00 bits per heavy atom. The van der Waals surface area contributed by atoms with Gasteiger partial charge in [-0.3, -0.25) is 0 Å². The Balaban J connectivity index is 1.88. The first-order valence-corrected chi connectivity index (χ1v) is 5.72. The molecular formula is C12H17N3O2. The van der Waals surface area contributed by atoms with Crippen LogP contribution in [0.1, 0.15) is 6.42 Å². The minimum Gasteiger partial charge on any atom is -0.385 e. The first-order chi connectivity index (χ1) is 8.24. The zero-order valence-corrected chi connectivity index (χ0v) is 9.61. The van der Waals surface area contributed by atoms with E-state index in [-0.39, 0.29) is 0 Å². The lowest BCUT2D eigenvalue weighted by atomic mass is 10.1. The number of primary amides is 1. The maximum Gasteiger partial charge on any atom is 0.316 e. The molecule has 0 aliphatic carbocycles. The molecule has 2 amide bonds. The summed E-state index contributed by atoms with van der Waals surface area (Å²) in [6.45, 7) is 2.57. The van der Waals surface area contributed by atoms with Crippen LogP contribution >= 0.6 is 0 Å². The standard InChI is InChI=1S/C12H17N3O2/c13-12(16)15-11-3-1-2-10(6-11)14-7-9-4-5-17-8-9/h1-3,6,9,14H,4-5,7-8H2,(H3,13,15,16). The number of anilines is 2. The highest BCUT2D eigenvalue weighted by molar-refractivity contribution is 5.88.